The van der Waals surface area contributed by atoms with Gasteiger partial charge in [0.25, 0.3) is 0 Å². The highest BCUT2D eigenvalue weighted by Crippen LogP contribution is 2.26. The average Bonchev–Trinajstić information content (AvgIpc) is 2.89. The summed E-state index contributed by atoms with van der Waals surface area (Å²) in [6.45, 7) is 2.27. The van der Waals surface area contributed by atoms with E-state index in [0.29, 0.717) is 35.9 Å². The van der Waals surface area contributed by atoms with Crippen molar-refractivity contribution in [3.63, 3.8) is 0 Å². The summed E-state index contributed by atoms with van der Waals surface area (Å²) in [7, 11) is 0. The predicted octanol–water partition coefficient (Wildman–Crippen LogP) is 7.34. The second-order valence-corrected chi connectivity index (χ2v) is 10.5. The van der Waals surface area contributed by atoms with E-state index in [1.54, 1.807) is 17.0 Å². The number of hydrogen-bond donors (Lipinski definition) is 1. The first kappa shape index (κ1) is 26.5. The van der Waals surface area contributed by atoms with E-state index in [2.05, 4.69) is 29.6 Å². The summed E-state index contributed by atoms with van der Waals surface area (Å²) in [6, 6.07) is 19.4. The minimum atomic E-state index is -0.540. The molecule has 0 spiro atoms. The molecular formula is C30H34Cl2N2O2. The zero-order valence-corrected chi connectivity index (χ0v) is 22.3. The van der Waals surface area contributed by atoms with Gasteiger partial charge in [0, 0.05) is 19.0 Å². The Morgan fingerprint density at radius 1 is 0.972 bits per heavy atom. The zero-order valence-electron chi connectivity index (χ0n) is 20.8. The summed E-state index contributed by atoms with van der Waals surface area (Å²) in [5, 5.41) is 6.46. The molecule has 3 aromatic rings. The zero-order chi connectivity index (χ0) is 25.5. The Morgan fingerprint density at radius 2 is 1.72 bits per heavy atom. The van der Waals surface area contributed by atoms with Gasteiger partial charge in [-0.1, -0.05) is 97.9 Å². The van der Waals surface area contributed by atoms with Crippen molar-refractivity contribution in [1.82, 2.24) is 10.2 Å². The van der Waals surface area contributed by atoms with Gasteiger partial charge < -0.3 is 10.2 Å². The number of fused-ring (bicyclic) bond motifs is 1. The molecule has 190 valence electrons. The van der Waals surface area contributed by atoms with E-state index >= 15 is 0 Å². The average molecular weight is 526 g/mol. The molecule has 1 N–H and O–H groups in total. The molecular weight excluding hydrogens is 491 g/mol. The Kier molecular flexibility index (Phi) is 9.28. The molecule has 3 aromatic carbocycles. The molecule has 1 aliphatic carbocycles. The van der Waals surface area contributed by atoms with Crippen LogP contribution in [-0.2, 0) is 22.6 Å². The summed E-state index contributed by atoms with van der Waals surface area (Å²) >= 11 is 12.4. The molecule has 0 saturated heterocycles. The van der Waals surface area contributed by atoms with Crippen molar-refractivity contribution in [2.24, 2.45) is 0 Å². The summed E-state index contributed by atoms with van der Waals surface area (Å²) < 4.78 is 0. The maximum absolute atomic E-state index is 13.7. The number of rotatable bonds is 9. The molecule has 0 heterocycles. The first-order valence-corrected chi connectivity index (χ1v) is 13.7. The lowest BCUT2D eigenvalue weighted by Gasteiger charge is -2.33. The van der Waals surface area contributed by atoms with Crippen molar-refractivity contribution in [3.8, 4) is 0 Å². The SMILES string of the molecule is CC[C@@H](C(=O)NC1CCCCC1)N(Cc1ccc(Cl)c(Cl)c1)C(=O)CCc1cccc2ccccc12. The molecule has 4 nitrogen and oxygen atoms in total. The number of carbonyl (C=O) groups excluding carboxylic acids is 2. The number of nitrogens with one attached hydrogen (secondary N) is 1. The highest BCUT2D eigenvalue weighted by Gasteiger charge is 2.30. The predicted molar refractivity (Wildman–Crippen MR) is 148 cm³/mol. The third kappa shape index (κ3) is 6.60. The molecule has 36 heavy (non-hydrogen) atoms. The maximum atomic E-state index is 13.7. The second-order valence-electron chi connectivity index (χ2n) is 9.68. The minimum Gasteiger partial charge on any atom is -0.352 e. The Balaban J connectivity index is 1.55. The fourth-order valence-corrected chi connectivity index (χ4v) is 5.51. The fourth-order valence-electron chi connectivity index (χ4n) is 5.19. The summed E-state index contributed by atoms with van der Waals surface area (Å²) in [4.78, 5) is 28.8. The molecule has 0 aromatic heterocycles. The van der Waals surface area contributed by atoms with Gasteiger partial charge in [0.15, 0.2) is 0 Å². The third-order valence-electron chi connectivity index (χ3n) is 7.16. The van der Waals surface area contributed by atoms with E-state index < -0.39 is 6.04 Å². The van der Waals surface area contributed by atoms with Crippen molar-refractivity contribution < 1.29 is 9.59 Å². The standard InChI is InChI=1S/C30H34Cl2N2O2/c1-2-28(30(36)33-24-12-4-3-5-13-24)34(20-21-15-17-26(31)27(32)19-21)29(35)18-16-23-11-8-10-22-9-6-7-14-25(22)23/h6-11,14-15,17,19,24,28H,2-5,12-13,16,18,20H2,1H3,(H,33,36)/t28-/m0/s1. The van der Waals surface area contributed by atoms with E-state index in [9.17, 15) is 9.59 Å². The normalized spacial score (nSPS) is 15.0. The van der Waals surface area contributed by atoms with E-state index in [-0.39, 0.29) is 17.9 Å². The lowest BCUT2D eigenvalue weighted by atomic mass is 9.95. The number of carbonyl (C=O) groups is 2. The van der Waals surface area contributed by atoms with E-state index in [4.69, 9.17) is 23.2 Å². The molecule has 1 atom stereocenters. The quantitative estimate of drug-likeness (QED) is 0.318. The van der Waals surface area contributed by atoms with Crippen LogP contribution < -0.4 is 5.32 Å². The van der Waals surface area contributed by atoms with Gasteiger partial charge in [-0.2, -0.15) is 0 Å². The molecule has 0 bridgehead atoms. The van der Waals surface area contributed by atoms with Crippen LogP contribution in [0.1, 0.15) is 63.0 Å². The molecule has 1 saturated carbocycles. The molecule has 0 aliphatic heterocycles. The lowest BCUT2D eigenvalue weighted by molar-refractivity contribution is -0.141. The van der Waals surface area contributed by atoms with Gasteiger partial charge in [-0.25, -0.2) is 0 Å². The van der Waals surface area contributed by atoms with E-state index in [0.717, 1.165) is 47.6 Å². The van der Waals surface area contributed by atoms with Crippen molar-refractivity contribution in [2.75, 3.05) is 0 Å². The van der Waals surface area contributed by atoms with Gasteiger partial charge in [0.1, 0.15) is 6.04 Å². The number of halogens is 2. The van der Waals surface area contributed by atoms with Crippen molar-refractivity contribution in [2.45, 2.75) is 76.9 Å². The highest BCUT2D eigenvalue weighted by molar-refractivity contribution is 6.42. The minimum absolute atomic E-state index is 0.0420. The first-order valence-electron chi connectivity index (χ1n) is 13.0. The molecule has 6 heteroatoms. The first-order chi connectivity index (χ1) is 17.5. The molecule has 1 fully saturated rings. The maximum Gasteiger partial charge on any atom is 0.243 e. The Morgan fingerprint density at radius 3 is 2.47 bits per heavy atom. The van der Waals surface area contributed by atoms with Crippen LogP contribution >= 0.6 is 23.2 Å². The van der Waals surface area contributed by atoms with Crippen molar-refractivity contribution in [1.29, 1.82) is 0 Å². The number of benzene rings is 3. The largest absolute Gasteiger partial charge is 0.352 e. The Bertz CT molecular complexity index is 1200. The van der Waals surface area contributed by atoms with Crippen LogP contribution in [0.25, 0.3) is 10.8 Å². The molecule has 0 radical (unpaired) electrons. The van der Waals surface area contributed by atoms with Gasteiger partial charge in [-0.15, -0.1) is 0 Å². The van der Waals surface area contributed by atoms with Gasteiger partial charge in [-0.05, 0) is 59.7 Å². The van der Waals surface area contributed by atoms with Crippen LogP contribution in [0.2, 0.25) is 10.0 Å². The smallest absolute Gasteiger partial charge is 0.243 e. The van der Waals surface area contributed by atoms with Crippen molar-refractivity contribution in [3.05, 3.63) is 81.8 Å². The van der Waals surface area contributed by atoms with E-state index in [1.165, 1.54) is 6.42 Å². The van der Waals surface area contributed by atoms with Crippen molar-refractivity contribution >= 4 is 45.8 Å². The summed E-state index contributed by atoms with van der Waals surface area (Å²) in [5.74, 6) is -0.109. The van der Waals surface area contributed by atoms with Crippen LogP contribution in [0.15, 0.2) is 60.7 Å². The summed E-state index contributed by atoms with van der Waals surface area (Å²) in [5.41, 5.74) is 1.99. The van der Waals surface area contributed by atoms with Crippen LogP contribution in [0.4, 0.5) is 0 Å². The highest BCUT2D eigenvalue weighted by atomic mass is 35.5. The fraction of sp³-hybridized carbons (Fsp3) is 0.400. The van der Waals surface area contributed by atoms with Gasteiger partial charge in [-0.3, -0.25) is 9.59 Å². The van der Waals surface area contributed by atoms with Crippen LogP contribution in [0, 0.1) is 0 Å². The van der Waals surface area contributed by atoms with E-state index in [1.807, 2.05) is 31.2 Å². The topological polar surface area (TPSA) is 49.4 Å². The molecule has 1 aliphatic rings. The third-order valence-corrected chi connectivity index (χ3v) is 7.90. The number of amides is 2. The van der Waals surface area contributed by atoms with Gasteiger partial charge in [0.05, 0.1) is 10.0 Å². The molecule has 0 unspecified atom stereocenters. The van der Waals surface area contributed by atoms with Gasteiger partial charge in [0.2, 0.25) is 11.8 Å². The number of aryl methyl sites for hydroxylation is 1. The van der Waals surface area contributed by atoms with Crippen LogP contribution in [0.3, 0.4) is 0 Å². The monoisotopic (exact) mass is 524 g/mol. The second kappa shape index (κ2) is 12.6. The number of nitrogens with zero attached hydrogens (tertiary/aromatic N) is 1. The van der Waals surface area contributed by atoms with Crippen LogP contribution in [0.5, 0.6) is 0 Å². The summed E-state index contributed by atoms with van der Waals surface area (Å²) in [6.07, 6.45) is 6.98. The molecule has 4 rings (SSSR count). The molecule has 2 amide bonds. The number of hydrogen-bond acceptors (Lipinski definition) is 2. The van der Waals surface area contributed by atoms with Crippen LogP contribution in [-0.4, -0.2) is 28.8 Å². The Hall–Kier alpha value is -2.56. The Labute approximate surface area is 224 Å². The lowest BCUT2D eigenvalue weighted by Crippen LogP contribution is -2.51. The van der Waals surface area contributed by atoms with Gasteiger partial charge >= 0.3 is 0 Å².